The monoisotopic (exact) mass is 398 g/mol. The molecule has 0 spiro atoms. The molecule has 1 saturated carbocycles. The summed E-state index contributed by atoms with van der Waals surface area (Å²) in [5, 5.41) is 10.7. The number of pyridine rings is 1. The molecule has 5 rings (SSSR count). The van der Waals surface area contributed by atoms with Crippen LogP contribution in [0.15, 0.2) is 36.5 Å². The van der Waals surface area contributed by atoms with E-state index < -0.39 is 6.10 Å². The van der Waals surface area contributed by atoms with Crippen molar-refractivity contribution in [2.75, 3.05) is 27.0 Å². The van der Waals surface area contributed by atoms with Gasteiger partial charge in [0.25, 0.3) is 0 Å². The molecule has 2 aliphatic heterocycles. The molecule has 3 heterocycles. The van der Waals surface area contributed by atoms with Gasteiger partial charge in [-0.2, -0.15) is 0 Å². The molecule has 1 aromatic heterocycles. The standard InChI is InChI=1S/C22H26N2O5/c1-26-19-3-2-6-23-17(19)12-24-10-14-7-18(25)21(8-15(14)11-24)29-16-4-5-20-22(9-16)28-13-27-20/h2-6,9,14-15,18,21,25H,7-8,10-13H2,1H3/t14-,15+,18+,21+/m0/s1. The molecule has 3 aliphatic rings. The third kappa shape index (κ3) is 3.72. The van der Waals surface area contributed by atoms with Crippen LogP contribution in [0.4, 0.5) is 0 Å². The average Bonchev–Trinajstić information content (AvgIpc) is 3.34. The Labute approximate surface area is 170 Å². The fourth-order valence-corrected chi connectivity index (χ4v) is 4.81. The van der Waals surface area contributed by atoms with Crippen molar-refractivity contribution >= 4 is 0 Å². The number of aromatic nitrogens is 1. The van der Waals surface area contributed by atoms with E-state index in [1.165, 1.54) is 0 Å². The molecule has 2 aromatic rings. The number of fused-ring (bicyclic) bond motifs is 2. The van der Waals surface area contributed by atoms with Crippen molar-refractivity contribution < 1.29 is 24.1 Å². The van der Waals surface area contributed by atoms with Gasteiger partial charge in [0.15, 0.2) is 11.5 Å². The summed E-state index contributed by atoms with van der Waals surface area (Å²) in [7, 11) is 1.68. The van der Waals surface area contributed by atoms with Crippen LogP contribution in [0.25, 0.3) is 0 Å². The van der Waals surface area contributed by atoms with Crippen LogP contribution in [0.1, 0.15) is 18.5 Å². The van der Waals surface area contributed by atoms with Crippen LogP contribution in [0.3, 0.4) is 0 Å². The first kappa shape index (κ1) is 18.5. The van der Waals surface area contributed by atoms with Crippen molar-refractivity contribution in [3.8, 4) is 23.0 Å². The highest BCUT2D eigenvalue weighted by Crippen LogP contribution is 2.40. The lowest BCUT2D eigenvalue weighted by atomic mass is 9.78. The number of hydrogen-bond acceptors (Lipinski definition) is 7. The van der Waals surface area contributed by atoms with Crippen LogP contribution in [0.2, 0.25) is 0 Å². The van der Waals surface area contributed by atoms with E-state index in [2.05, 4.69) is 9.88 Å². The molecule has 4 atom stereocenters. The molecule has 0 amide bonds. The maximum absolute atomic E-state index is 10.7. The molecule has 0 unspecified atom stereocenters. The van der Waals surface area contributed by atoms with Crippen molar-refractivity contribution in [2.45, 2.75) is 31.6 Å². The largest absolute Gasteiger partial charge is 0.495 e. The summed E-state index contributed by atoms with van der Waals surface area (Å²) in [6, 6.07) is 9.41. The summed E-state index contributed by atoms with van der Waals surface area (Å²) < 4.78 is 22.4. The van der Waals surface area contributed by atoms with Gasteiger partial charge in [-0.1, -0.05) is 0 Å². The van der Waals surface area contributed by atoms with Gasteiger partial charge < -0.3 is 24.1 Å². The topological polar surface area (TPSA) is 73.3 Å². The summed E-state index contributed by atoms with van der Waals surface area (Å²) in [6.07, 6.45) is 2.73. The molecular formula is C22H26N2O5. The van der Waals surface area contributed by atoms with E-state index in [1.54, 1.807) is 13.3 Å². The second-order valence-electron chi connectivity index (χ2n) is 8.08. The van der Waals surface area contributed by atoms with Gasteiger partial charge in [0.1, 0.15) is 17.6 Å². The van der Waals surface area contributed by atoms with Crippen molar-refractivity contribution in [2.24, 2.45) is 11.8 Å². The zero-order chi connectivity index (χ0) is 19.8. The maximum Gasteiger partial charge on any atom is 0.231 e. The summed E-state index contributed by atoms with van der Waals surface area (Å²) >= 11 is 0. The van der Waals surface area contributed by atoms with E-state index in [1.807, 2.05) is 30.3 Å². The quantitative estimate of drug-likeness (QED) is 0.829. The van der Waals surface area contributed by atoms with Crippen molar-refractivity contribution in [3.63, 3.8) is 0 Å². The first-order valence-corrected chi connectivity index (χ1v) is 10.1. The van der Waals surface area contributed by atoms with Gasteiger partial charge in [-0.15, -0.1) is 0 Å². The van der Waals surface area contributed by atoms with Crippen molar-refractivity contribution in [1.82, 2.24) is 9.88 Å². The van der Waals surface area contributed by atoms with E-state index in [0.29, 0.717) is 23.3 Å². The molecule has 0 bridgehead atoms. The molecule has 0 radical (unpaired) electrons. The van der Waals surface area contributed by atoms with Gasteiger partial charge >= 0.3 is 0 Å². The van der Waals surface area contributed by atoms with Gasteiger partial charge in [0.05, 0.1) is 18.9 Å². The molecule has 2 fully saturated rings. The fourth-order valence-electron chi connectivity index (χ4n) is 4.81. The second-order valence-corrected chi connectivity index (χ2v) is 8.08. The molecule has 7 nitrogen and oxygen atoms in total. The Morgan fingerprint density at radius 2 is 1.97 bits per heavy atom. The lowest BCUT2D eigenvalue weighted by Gasteiger charge is -2.35. The van der Waals surface area contributed by atoms with Crippen LogP contribution in [0, 0.1) is 11.8 Å². The van der Waals surface area contributed by atoms with Crippen LogP contribution in [-0.2, 0) is 6.54 Å². The lowest BCUT2D eigenvalue weighted by molar-refractivity contribution is -0.0232. The lowest BCUT2D eigenvalue weighted by Crippen LogP contribution is -2.42. The molecule has 1 saturated heterocycles. The van der Waals surface area contributed by atoms with Gasteiger partial charge in [-0.3, -0.25) is 9.88 Å². The number of rotatable bonds is 5. The van der Waals surface area contributed by atoms with E-state index in [0.717, 1.165) is 49.7 Å². The van der Waals surface area contributed by atoms with Crippen LogP contribution < -0.4 is 18.9 Å². The van der Waals surface area contributed by atoms with Crippen LogP contribution in [0.5, 0.6) is 23.0 Å². The third-order valence-corrected chi connectivity index (χ3v) is 6.23. The number of benzene rings is 1. The van der Waals surface area contributed by atoms with Crippen LogP contribution >= 0.6 is 0 Å². The highest BCUT2D eigenvalue weighted by atomic mass is 16.7. The zero-order valence-corrected chi connectivity index (χ0v) is 16.5. The normalized spacial score (nSPS) is 28.2. The van der Waals surface area contributed by atoms with Crippen LogP contribution in [-0.4, -0.2) is 54.2 Å². The molecule has 1 aromatic carbocycles. The number of hydrogen-bond donors (Lipinski definition) is 1. The summed E-state index contributed by atoms with van der Waals surface area (Å²) in [6.45, 7) is 2.96. The van der Waals surface area contributed by atoms with E-state index in [9.17, 15) is 5.11 Å². The second kappa shape index (κ2) is 7.72. The summed E-state index contributed by atoms with van der Waals surface area (Å²) in [5.41, 5.74) is 0.961. The number of aliphatic hydroxyl groups excluding tert-OH is 1. The molecule has 154 valence electrons. The number of likely N-dealkylation sites (tertiary alicyclic amines) is 1. The highest BCUT2D eigenvalue weighted by molar-refractivity contribution is 5.47. The Bertz CT molecular complexity index is 876. The Morgan fingerprint density at radius 1 is 1.14 bits per heavy atom. The van der Waals surface area contributed by atoms with Gasteiger partial charge in [-0.05, 0) is 48.9 Å². The number of ether oxygens (including phenoxy) is 4. The SMILES string of the molecule is COc1cccnc1CN1C[C@H]2C[C@@H](Oc3ccc4c(c3)OCO4)[C@H](O)C[C@H]2C1. The summed E-state index contributed by atoms with van der Waals surface area (Å²) in [4.78, 5) is 6.89. The smallest absolute Gasteiger partial charge is 0.231 e. The molecule has 1 N–H and O–H groups in total. The predicted molar refractivity (Wildman–Crippen MR) is 105 cm³/mol. The Hall–Kier alpha value is -2.51. The first-order valence-electron chi connectivity index (χ1n) is 10.1. The predicted octanol–water partition coefficient (Wildman–Crippen LogP) is 2.47. The Kier molecular flexibility index (Phi) is 4.93. The Morgan fingerprint density at radius 3 is 2.83 bits per heavy atom. The fraction of sp³-hybridized carbons (Fsp3) is 0.500. The molecule has 1 aliphatic carbocycles. The van der Waals surface area contributed by atoms with Crippen molar-refractivity contribution in [1.29, 1.82) is 0 Å². The third-order valence-electron chi connectivity index (χ3n) is 6.23. The minimum atomic E-state index is -0.467. The average molecular weight is 398 g/mol. The number of nitrogens with zero attached hydrogens (tertiary/aromatic N) is 2. The molecular weight excluding hydrogens is 372 g/mol. The van der Waals surface area contributed by atoms with E-state index in [4.69, 9.17) is 18.9 Å². The first-order chi connectivity index (χ1) is 14.2. The number of methoxy groups -OCH3 is 1. The van der Waals surface area contributed by atoms with Crippen molar-refractivity contribution in [3.05, 3.63) is 42.2 Å². The minimum Gasteiger partial charge on any atom is -0.495 e. The zero-order valence-electron chi connectivity index (χ0n) is 16.5. The van der Waals surface area contributed by atoms with E-state index >= 15 is 0 Å². The maximum atomic E-state index is 10.7. The van der Waals surface area contributed by atoms with Gasteiger partial charge in [0, 0.05) is 31.9 Å². The van der Waals surface area contributed by atoms with Gasteiger partial charge in [-0.25, -0.2) is 0 Å². The van der Waals surface area contributed by atoms with Gasteiger partial charge in [0.2, 0.25) is 6.79 Å². The molecule has 29 heavy (non-hydrogen) atoms. The van der Waals surface area contributed by atoms with E-state index in [-0.39, 0.29) is 12.9 Å². The minimum absolute atomic E-state index is 0.207. The molecule has 7 heteroatoms. The Balaban J connectivity index is 1.23. The highest BCUT2D eigenvalue weighted by Gasteiger charge is 2.42. The number of aliphatic hydroxyl groups is 1. The summed E-state index contributed by atoms with van der Waals surface area (Å²) in [5.74, 6) is 3.96.